The van der Waals surface area contributed by atoms with Crippen molar-refractivity contribution in [2.45, 2.75) is 43.7 Å². The minimum Gasteiger partial charge on any atom is -0.326 e. The van der Waals surface area contributed by atoms with Crippen LogP contribution in [0.5, 0.6) is 0 Å². The smallest absolute Gasteiger partial charge is 0.241 e. The molecule has 0 radical (unpaired) electrons. The lowest BCUT2D eigenvalue weighted by Crippen LogP contribution is -2.44. The van der Waals surface area contributed by atoms with Crippen molar-refractivity contribution in [3.8, 4) is 0 Å². The quantitative estimate of drug-likeness (QED) is 0.831. The first-order valence-electron chi connectivity index (χ1n) is 7.08. The average molecular weight is 317 g/mol. The average Bonchev–Trinajstić information content (AvgIpc) is 2.90. The molecule has 0 aliphatic carbocycles. The standard InChI is InChI=1S/C13H23N3O2S2/c1-2-6-16-7-3-11(4-8-16)15-20(17,18)13-5-9-19-12(13)10-14/h5,9,11,15H,2-4,6-8,10,14H2,1H3. The third-order valence-electron chi connectivity index (χ3n) is 3.63. The van der Waals surface area contributed by atoms with Crippen molar-refractivity contribution >= 4 is 21.4 Å². The van der Waals surface area contributed by atoms with Gasteiger partial charge in [0.05, 0.1) is 4.90 Å². The fourth-order valence-electron chi connectivity index (χ4n) is 2.59. The third-order valence-corrected chi connectivity index (χ3v) is 6.31. The molecule has 3 N–H and O–H groups in total. The Morgan fingerprint density at radius 3 is 2.75 bits per heavy atom. The van der Waals surface area contributed by atoms with Gasteiger partial charge in [0.25, 0.3) is 0 Å². The molecule has 20 heavy (non-hydrogen) atoms. The van der Waals surface area contributed by atoms with Gasteiger partial charge in [-0.25, -0.2) is 13.1 Å². The van der Waals surface area contributed by atoms with Crippen LogP contribution in [0.15, 0.2) is 16.3 Å². The van der Waals surface area contributed by atoms with E-state index in [1.54, 1.807) is 11.4 Å². The molecule has 7 heteroatoms. The van der Waals surface area contributed by atoms with Crippen LogP contribution >= 0.6 is 11.3 Å². The molecule has 1 aromatic heterocycles. The Bertz CT molecular complexity index is 519. The van der Waals surface area contributed by atoms with Crippen LogP contribution < -0.4 is 10.5 Å². The topological polar surface area (TPSA) is 75.4 Å². The zero-order valence-corrected chi connectivity index (χ0v) is 13.5. The number of hydrogen-bond acceptors (Lipinski definition) is 5. The summed E-state index contributed by atoms with van der Waals surface area (Å²) >= 11 is 1.39. The summed E-state index contributed by atoms with van der Waals surface area (Å²) < 4.78 is 27.6. The van der Waals surface area contributed by atoms with Crippen LogP contribution in [-0.2, 0) is 16.6 Å². The highest BCUT2D eigenvalue weighted by atomic mass is 32.2. The Balaban J connectivity index is 1.97. The van der Waals surface area contributed by atoms with Crippen molar-refractivity contribution in [1.82, 2.24) is 9.62 Å². The monoisotopic (exact) mass is 317 g/mol. The van der Waals surface area contributed by atoms with Gasteiger partial charge in [0.2, 0.25) is 10.0 Å². The van der Waals surface area contributed by atoms with E-state index in [-0.39, 0.29) is 12.6 Å². The minimum atomic E-state index is -3.43. The number of hydrogen-bond donors (Lipinski definition) is 2. The maximum Gasteiger partial charge on any atom is 0.241 e. The van der Waals surface area contributed by atoms with Gasteiger partial charge in [-0.15, -0.1) is 11.3 Å². The molecule has 0 spiro atoms. The lowest BCUT2D eigenvalue weighted by Gasteiger charge is -2.31. The molecule has 5 nitrogen and oxygen atoms in total. The number of likely N-dealkylation sites (tertiary alicyclic amines) is 1. The van der Waals surface area contributed by atoms with Gasteiger partial charge >= 0.3 is 0 Å². The predicted molar refractivity (Wildman–Crippen MR) is 82.3 cm³/mol. The summed E-state index contributed by atoms with van der Waals surface area (Å²) in [5.74, 6) is 0. The molecule has 1 fully saturated rings. The molecule has 2 heterocycles. The molecule has 0 atom stereocenters. The van der Waals surface area contributed by atoms with Crippen LogP contribution in [0.1, 0.15) is 31.1 Å². The molecule has 114 valence electrons. The van der Waals surface area contributed by atoms with Crippen molar-refractivity contribution in [2.75, 3.05) is 19.6 Å². The van der Waals surface area contributed by atoms with Crippen LogP contribution in [0, 0.1) is 0 Å². The lowest BCUT2D eigenvalue weighted by molar-refractivity contribution is 0.208. The molecule has 1 aliphatic heterocycles. The summed E-state index contributed by atoms with van der Waals surface area (Å²) in [4.78, 5) is 3.46. The summed E-state index contributed by atoms with van der Waals surface area (Å²) in [5, 5.41) is 1.78. The van der Waals surface area contributed by atoms with E-state index in [0.717, 1.165) is 43.8 Å². The number of rotatable bonds is 6. The van der Waals surface area contributed by atoms with Gasteiger partial charge in [-0.3, -0.25) is 0 Å². The highest BCUT2D eigenvalue weighted by Gasteiger charge is 2.26. The number of piperidine rings is 1. The van der Waals surface area contributed by atoms with Crippen LogP contribution in [0.25, 0.3) is 0 Å². The van der Waals surface area contributed by atoms with Crippen molar-refractivity contribution < 1.29 is 8.42 Å². The number of sulfonamides is 1. The molecule has 0 amide bonds. The summed E-state index contributed by atoms with van der Waals surface area (Å²) in [6.45, 7) is 5.46. The maximum atomic E-state index is 12.4. The third kappa shape index (κ3) is 3.79. The Hall–Kier alpha value is -0.470. The second-order valence-electron chi connectivity index (χ2n) is 5.15. The SMILES string of the molecule is CCCN1CCC(NS(=O)(=O)c2ccsc2CN)CC1. The fraction of sp³-hybridized carbons (Fsp3) is 0.692. The Morgan fingerprint density at radius 1 is 1.45 bits per heavy atom. The molecule has 1 aromatic rings. The Kier molecular flexibility index (Phi) is 5.57. The van der Waals surface area contributed by atoms with Crippen molar-refractivity contribution in [3.63, 3.8) is 0 Å². The highest BCUT2D eigenvalue weighted by Crippen LogP contribution is 2.22. The second kappa shape index (κ2) is 7.00. The molecule has 0 bridgehead atoms. The fourth-order valence-corrected chi connectivity index (χ4v) is 5.23. The number of thiophene rings is 1. The zero-order chi connectivity index (χ0) is 14.6. The Labute approximate surface area is 125 Å². The summed E-state index contributed by atoms with van der Waals surface area (Å²) in [6.07, 6.45) is 2.90. The summed E-state index contributed by atoms with van der Waals surface area (Å²) in [7, 11) is -3.43. The van der Waals surface area contributed by atoms with E-state index in [4.69, 9.17) is 5.73 Å². The second-order valence-corrected chi connectivity index (χ2v) is 7.83. The summed E-state index contributed by atoms with van der Waals surface area (Å²) in [6, 6.07) is 1.68. The van der Waals surface area contributed by atoms with E-state index >= 15 is 0 Å². The van der Waals surface area contributed by atoms with Crippen LogP contribution in [0.4, 0.5) is 0 Å². The first-order chi connectivity index (χ1) is 9.56. The van der Waals surface area contributed by atoms with E-state index in [0.29, 0.717) is 4.90 Å². The zero-order valence-electron chi connectivity index (χ0n) is 11.8. The van der Waals surface area contributed by atoms with E-state index in [2.05, 4.69) is 16.5 Å². The largest absolute Gasteiger partial charge is 0.326 e. The number of nitrogens with zero attached hydrogens (tertiary/aromatic N) is 1. The van der Waals surface area contributed by atoms with Gasteiger partial charge in [0.1, 0.15) is 0 Å². The normalized spacial score (nSPS) is 18.5. The molecule has 0 unspecified atom stereocenters. The van der Waals surface area contributed by atoms with Crippen LogP contribution in [0.2, 0.25) is 0 Å². The molecule has 1 aliphatic rings. The van der Waals surface area contributed by atoms with Gasteiger partial charge in [-0.05, 0) is 50.3 Å². The molecular formula is C13H23N3O2S2. The molecule has 2 rings (SSSR count). The van der Waals surface area contributed by atoms with Crippen molar-refractivity contribution in [3.05, 3.63) is 16.3 Å². The predicted octanol–water partition coefficient (Wildman–Crippen LogP) is 1.36. The van der Waals surface area contributed by atoms with Gasteiger partial charge < -0.3 is 10.6 Å². The number of nitrogens with one attached hydrogen (secondary N) is 1. The molecule has 1 saturated heterocycles. The number of nitrogens with two attached hydrogens (primary N) is 1. The highest BCUT2D eigenvalue weighted by molar-refractivity contribution is 7.89. The van der Waals surface area contributed by atoms with Crippen LogP contribution in [0.3, 0.4) is 0 Å². The summed E-state index contributed by atoms with van der Waals surface area (Å²) in [5.41, 5.74) is 5.59. The van der Waals surface area contributed by atoms with Crippen molar-refractivity contribution in [1.29, 1.82) is 0 Å². The first kappa shape index (κ1) is 15.9. The minimum absolute atomic E-state index is 0.0404. The van der Waals surface area contributed by atoms with E-state index < -0.39 is 10.0 Å². The van der Waals surface area contributed by atoms with Crippen molar-refractivity contribution in [2.24, 2.45) is 5.73 Å². The maximum absolute atomic E-state index is 12.4. The van der Waals surface area contributed by atoms with Gasteiger partial charge in [0.15, 0.2) is 0 Å². The lowest BCUT2D eigenvalue weighted by atomic mass is 10.1. The molecular weight excluding hydrogens is 294 g/mol. The first-order valence-corrected chi connectivity index (χ1v) is 9.44. The van der Waals surface area contributed by atoms with Gasteiger partial charge in [-0.1, -0.05) is 6.92 Å². The Morgan fingerprint density at radius 2 is 2.15 bits per heavy atom. The van der Waals surface area contributed by atoms with Gasteiger partial charge in [0, 0.05) is 17.5 Å². The molecule has 0 saturated carbocycles. The van der Waals surface area contributed by atoms with E-state index in [1.807, 2.05) is 0 Å². The van der Waals surface area contributed by atoms with E-state index in [1.165, 1.54) is 11.3 Å². The van der Waals surface area contributed by atoms with E-state index in [9.17, 15) is 8.42 Å². The van der Waals surface area contributed by atoms with Crippen LogP contribution in [-0.4, -0.2) is 39.0 Å². The van der Waals surface area contributed by atoms with Gasteiger partial charge in [-0.2, -0.15) is 0 Å². The molecule has 0 aromatic carbocycles.